The molecule has 1 aliphatic rings. The van der Waals surface area contributed by atoms with E-state index >= 15 is 0 Å². The van der Waals surface area contributed by atoms with Crippen LogP contribution in [0.4, 0.5) is 0 Å². The summed E-state index contributed by atoms with van der Waals surface area (Å²) in [4.78, 5) is 2.22. The highest BCUT2D eigenvalue weighted by atomic mass is 32.2. The summed E-state index contributed by atoms with van der Waals surface area (Å²) in [6.07, 6.45) is 1.87. The molecule has 6 heteroatoms. The fraction of sp³-hybridized carbons (Fsp3) is 1.00. The lowest BCUT2D eigenvalue weighted by molar-refractivity contribution is 0.0638. The summed E-state index contributed by atoms with van der Waals surface area (Å²) in [5, 5.41) is 9.55. The average Bonchev–Trinajstić information content (AvgIpc) is 2.29. The van der Waals surface area contributed by atoms with Crippen LogP contribution in [0.1, 0.15) is 26.7 Å². The first-order valence-corrected chi connectivity index (χ1v) is 7.97. The Morgan fingerprint density at radius 1 is 1.53 bits per heavy atom. The molecule has 0 radical (unpaired) electrons. The van der Waals surface area contributed by atoms with Gasteiger partial charge in [0.15, 0.2) is 0 Å². The van der Waals surface area contributed by atoms with E-state index in [1.807, 2.05) is 6.92 Å². The van der Waals surface area contributed by atoms with E-state index in [4.69, 9.17) is 0 Å². The van der Waals surface area contributed by atoms with Gasteiger partial charge in [-0.05, 0) is 39.2 Å². The third-order valence-electron chi connectivity index (χ3n) is 3.35. The number of aliphatic hydroxyl groups is 1. The number of nitrogens with one attached hydrogen (secondary N) is 1. The lowest BCUT2D eigenvalue weighted by Gasteiger charge is -2.34. The Labute approximate surface area is 104 Å². The molecular weight excluding hydrogens is 240 g/mol. The minimum absolute atomic E-state index is 0.128. The topological polar surface area (TPSA) is 69.6 Å². The molecule has 1 aliphatic heterocycles. The van der Waals surface area contributed by atoms with Crippen molar-refractivity contribution in [2.75, 3.05) is 31.9 Å². The van der Waals surface area contributed by atoms with Crippen LogP contribution in [0.2, 0.25) is 0 Å². The zero-order valence-electron chi connectivity index (χ0n) is 10.7. The third kappa shape index (κ3) is 5.33. The molecule has 0 aliphatic carbocycles. The van der Waals surface area contributed by atoms with Crippen LogP contribution in [0.15, 0.2) is 0 Å². The molecule has 5 nitrogen and oxygen atoms in total. The van der Waals surface area contributed by atoms with Gasteiger partial charge in [0, 0.05) is 19.6 Å². The highest BCUT2D eigenvalue weighted by Gasteiger charge is 2.23. The lowest BCUT2D eigenvalue weighted by atomic mass is 9.93. The summed E-state index contributed by atoms with van der Waals surface area (Å²) in [5.41, 5.74) is 0. The molecule has 0 aromatic rings. The maximum Gasteiger partial charge on any atom is 0.211 e. The van der Waals surface area contributed by atoms with Crippen LogP contribution in [0.25, 0.3) is 0 Å². The number of nitrogens with zero attached hydrogens (tertiary/aromatic N) is 1. The predicted octanol–water partition coefficient (Wildman–Crippen LogP) is 0.0185. The molecule has 0 bridgehead atoms. The zero-order valence-corrected chi connectivity index (χ0v) is 11.5. The average molecular weight is 264 g/mol. The number of rotatable bonds is 6. The van der Waals surface area contributed by atoms with Gasteiger partial charge in [0.25, 0.3) is 0 Å². The monoisotopic (exact) mass is 264 g/mol. The van der Waals surface area contributed by atoms with E-state index in [1.165, 1.54) is 0 Å². The van der Waals surface area contributed by atoms with E-state index in [2.05, 4.69) is 9.62 Å². The van der Waals surface area contributed by atoms with Crippen molar-refractivity contribution in [3.8, 4) is 0 Å². The first-order chi connectivity index (χ1) is 7.94. The maximum absolute atomic E-state index is 11.2. The predicted molar refractivity (Wildman–Crippen MR) is 68.3 cm³/mol. The van der Waals surface area contributed by atoms with Gasteiger partial charge in [-0.15, -0.1) is 0 Å². The highest BCUT2D eigenvalue weighted by molar-refractivity contribution is 7.89. The molecule has 1 heterocycles. The Morgan fingerprint density at radius 3 is 2.82 bits per heavy atom. The number of likely N-dealkylation sites (tertiary alicyclic amines) is 1. The van der Waals surface area contributed by atoms with Crippen molar-refractivity contribution in [2.45, 2.75) is 32.8 Å². The van der Waals surface area contributed by atoms with Gasteiger partial charge in [0.2, 0.25) is 10.0 Å². The molecule has 2 N–H and O–H groups in total. The number of hydrogen-bond acceptors (Lipinski definition) is 4. The molecule has 0 saturated carbocycles. The fourth-order valence-electron chi connectivity index (χ4n) is 2.15. The van der Waals surface area contributed by atoms with E-state index in [1.54, 1.807) is 6.92 Å². The fourth-order valence-corrected chi connectivity index (χ4v) is 2.76. The van der Waals surface area contributed by atoms with Gasteiger partial charge in [-0.2, -0.15) is 0 Å². The lowest BCUT2D eigenvalue weighted by Crippen LogP contribution is -2.43. The Hall–Kier alpha value is -0.170. The molecule has 0 amide bonds. The van der Waals surface area contributed by atoms with Crippen LogP contribution in [0, 0.1) is 5.92 Å². The van der Waals surface area contributed by atoms with Crippen LogP contribution >= 0.6 is 0 Å². The summed E-state index contributed by atoms with van der Waals surface area (Å²) in [5.74, 6) is 0.454. The van der Waals surface area contributed by atoms with Crippen molar-refractivity contribution in [1.82, 2.24) is 9.62 Å². The van der Waals surface area contributed by atoms with Crippen molar-refractivity contribution >= 4 is 10.0 Å². The molecule has 17 heavy (non-hydrogen) atoms. The first-order valence-electron chi connectivity index (χ1n) is 6.32. The highest BCUT2D eigenvalue weighted by Crippen LogP contribution is 2.19. The van der Waals surface area contributed by atoms with Crippen molar-refractivity contribution in [3.05, 3.63) is 0 Å². The number of piperidine rings is 1. The molecule has 1 fully saturated rings. The van der Waals surface area contributed by atoms with Crippen molar-refractivity contribution in [3.63, 3.8) is 0 Å². The summed E-state index contributed by atoms with van der Waals surface area (Å²) < 4.78 is 25.1. The second kappa shape index (κ2) is 6.68. The second-order valence-electron chi connectivity index (χ2n) is 4.74. The van der Waals surface area contributed by atoms with E-state index < -0.39 is 10.0 Å². The van der Waals surface area contributed by atoms with Gasteiger partial charge < -0.3 is 10.0 Å². The van der Waals surface area contributed by atoms with Gasteiger partial charge in [0.1, 0.15) is 0 Å². The molecule has 2 unspecified atom stereocenters. The molecule has 1 saturated heterocycles. The summed E-state index contributed by atoms with van der Waals surface area (Å²) in [6.45, 7) is 6.51. The van der Waals surface area contributed by atoms with Crippen LogP contribution in [0.3, 0.4) is 0 Å². The van der Waals surface area contributed by atoms with Crippen LogP contribution in [-0.2, 0) is 10.0 Å². The first kappa shape index (κ1) is 14.9. The second-order valence-corrected chi connectivity index (χ2v) is 6.84. The number of aliphatic hydroxyl groups excluding tert-OH is 1. The molecule has 102 valence electrons. The largest absolute Gasteiger partial charge is 0.393 e. The molecular formula is C11H24N2O3S. The van der Waals surface area contributed by atoms with Crippen molar-refractivity contribution in [1.29, 1.82) is 0 Å². The minimum Gasteiger partial charge on any atom is -0.393 e. The summed E-state index contributed by atoms with van der Waals surface area (Å²) >= 11 is 0. The zero-order chi connectivity index (χ0) is 12.9. The quantitative estimate of drug-likeness (QED) is 0.709. The van der Waals surface area contributed by atoms with E-state index in [9.17, 15) is 13.5 Å². The van der Waals surface area contributed by atoms with E-state index in [0.717, 1.165) is 32.5 Å². The normalized spacial score (nSPS) is 24.8. The molecule has 0 aromatic heterocycles. The molecule has 2 atom stereocenters. The van der Waals surface area contributed by atoms with Gasteiger partial charge in [0.05, 0.1) is 11.9 Å². The Balaban J connectivity index is 2.28. The van der Waals surface area contributed by atoms with Crippen LogP contribution < -0.4 is 4.72 Å². The smallest absolute Gasteiger partial charge is 0.211 e. The van der Waals surface area contributed by atoms with Gasteiger partial charge in [-0.1, -0.05) is 0 Å². The van der Waals surface area contributed by atoms with Gasteiger partial charge >= 0.3 is 0 Å². The maximum atomic E-state index is 11.2. The van der Waals surface area contributed by atoms with Crippen LogP contribution in [0.5, 0.6) is 0 Å². The Morgan fingerprint density at radius 2 is 2.24 bits per heavy atom. The third-order valence-corrected chi connectivity index (χ3v) is 4.76. The van der Waals surface area contributed by atoms with Gasteiger partial charge in [-0.3, -0.25) is 0 Å². The van der Waals surface area contributed by atoms with E-state index in [-0.39, 0.29) is 11.9 Å². The van der Waals surface area contributed by atoms with Crippen molar-refractivity contribution in [2.24, 2.45) is 5.92 Å². The van der Waals surface area contributed by atoms with E-state index in [0.29, 0.717) is 12.5 Å². The van der Waals surface area contributed by atoms with Gasteiger partial charge in [-0.25, -0.2) is 13.1 Å². The number of sulfonamides is 1. The summed E-state index contributed by atoms with van der Waals surface area (Å²) in [6, 6.07) is 0. The Bertz CT molecular complexity index is 317. The molecule has 1 rings (SSSR count). The molecule has 0 spiro atoms. The van der Waals surface area contributed by atoms with Crippen molar-refractivity contribution < 1.29 is 13.5 Å². The van der Waals surface area contributed by atoms with Crippen LogP contribution in [-0.4, -0.2) is 56.5 Å². The standard InChI is InChI=1S/C11H24N2O3S/c1-3-17(15,16)12-6-8-13-7-4-5-11(9-13)10(2)14/h10-12,14H,3-9H2,1-2H3. The Kier molecular flexibility index (Phi) is 5.85. The molecule has 0 aromatic carbocycles. The minimum atomic E-state index is -3.08. The SMILES string of the molecule is CCS(=O)(=O)NCCN1CCCC(C(C)O)C1. The summed E-state index contributed by atoms with van der Waals surface area (Å²) in [7, 11) is -3.08. The number of hydrogen-bond donors (Lipinski definition) is 2.